The summed E-state index contributed by atoms with van der Waals surface area (Å²) in [6, 6.07) is 5.32. The van der Waals surface area contributed by atoms with Gasteiger partial charge in [0.2, 0.25) is 5.91 Å². The fourth-order valence-electron chi connectivity index (χ4n) is 3.69. The van der Waals surface area contributed by atoms with Crippen molar-refractivity contribution in [3.8, 4) is 0 Å². The van der Waals surface area contributed by atoms with Crippen molar-refractivity contribution in [1.82, 2.24) is 19.8 Å². The van der Waals surface area contributed by atoms with Gasteiger partial charge < -0.3 is 4.90 Å². The number of hydrogen-bond acceptors (Lipinski definition) is 4. The summed E-state index contributed by atoms with van der Waals surface area (Å²) in [5, 5.41) is 0.930. The van der Waals surface area contributed by atoms with Crippen LogP contribution in [0.15, 0.2) is 24.4 Å². The van der Waals surface area contributed by atoms with E-state index in [0.29, 0.717) is 31.6 Å². The van der Waals surface area contributed by atoms with Gasteiger partial charge in [-0.15, -0.1) is 0 Å². The molecule has 25 heavy (non-hydrogen) atoms. The number of fused-ring (bicyclic) bond motifs is 2. The summed E-state index contributed by atoms with van der Waals surface area (Å²) in [5.41, 5.74) is 2.68. The fraction of sp³-hybridized carbons (Fsp3) is 0.471. The van der Waals surface area contributed by atoms with E-state index in [1.165, 1.54) is 0 Å². The van der Waals surface area contributed by atoms with Gasteiger partial charge in [-0.05, 0) is 30.2 Å². The first-order valence-electron chi connectivity index (χ1n) is 8.24. The molecule has 0 bridgehead atoms. The number of halogens is 3. The summed E-state index contributed by atoms with van der Waals surface area (Å²) >= 11 is 0. The van der Waals surface area contributed by atoms with Crippen molar-refractivity contribution in [2.24, 2.45) is 0 Å². The van der Waals surface area contributed by atoms with Crippen molar-refractivity contribution >= 4 is 16.9 Å². The Hall–Kier alpha value is -2.22. The van der Waals surface area contributed by atoms with Gasteiger partial charge in [0.15, 0.2) is 5.65 Å². The molecule has 2 aromatic heterocycles. The second kappa shape index (κ2) is 5.94. The maximum Gasteiger partial charge on any atom is 0.406 e. The largest absolute Gasteiger partial charge is 0.406 e. The maximum absolute atomic E-state index is 12.6. The van der Waals surface area contributed by atoms with Crippen LogP contribution >= 0.6 is 0 Å². The molecule has 1 fully saturated rings. The summed E-state index contributed by atoms with van der Waals surface area (Å²) < 4.78 is 37.7. The molecule has 4 heterocycles. The molecule has 0 radical (unpaired) electrons. The van der Waals surface area contributed by atoms with Crippen LogP contribution in [-0.4, -0.2) is 57.5 Å². The molecule has 2 aliphatic heterocycles. The number of pyridine rings is 2. The van der Waals surface area contributed by atoms with Crippen LogP contribution in [0.1, 0.15) is 17.7 Å². The lowest BCUT2D eigenvalue weighted by Gasteiger charge is -2.32. The summed E-state index contributed by atoms with van der Waals surface area (Å²) in [4.78, 5) is 24.1. The normalized spacial score (nSPS) is 21.8. The Labute approximate surface area is 142 Å². The highest BCUT2D eigenvalue weighted by Crippen LogP contribution is 2.28. The van der Waals surface area contributed by atoms with E-state index >= 15 is 0 Å². The molecule has 0 saturated carbocycles. The number of alkyl halides is 3. The lowest BCUT2D eigenvalue weighted by Crippen LogP contribution is -2.45. The van der Waals surface area contributed by atoms with Crippen LogP contribution in [0.2, 0.25) is 0 Å². The van der Waals surface area contributed by atoms with Gasteiger partial charge in [-0.25, -0.2) is 9.97 Å². The molecule has 1 amide bonds. The van der Waals surface area contributed by atoms with E-state index in [0.717, 1.165) is 21.5 Å². The number of rotatable bonds is 2. The van der Waals surface area contributed by atoms with Gasteiger partial charge in [0, 0.05) is 43.3 Å². The first-order chi connectivity index (χ1) is 11.9. The first-order valence-corrected chi connectivity index (χ1v) is 8.24. The van der Waals surface area contributed by atoms with Gasteiger partial charge in [-0.1, -0.05) is 0 Å². The van der Waals surface area contributed by atoms with E-state index in [9.17, 15) is 18.0 Å². The summed E-state index contributed by atoms with van der Waals surface area (Å²) in [6.45, 7) is 0.148. The van der Waals surface area contributed by atoms with E-state index in [-0.39, 0.29) is 6.54 Å². The van der Waals surface area contributed by atoms with Crippen molar-refractivity contribution in [3.05, 3.63) is 35.7 Å². The number of likely N-dealkylation sites (tertiary alicyclic amines) is 1. The van der Waals surface area contributed by atoms with Crippen LogP contribution in [0.25, 0.3) is 11.0 Å². The molecule has 1 atom stereocenters. The molecule has 5 nitrogen and oxygen atoms in total. The Morgan fingerprint density at radius 3 is 2.92 bits per heavy atom. The molecule has 0 aliphatic carbocycles. The summed E-state index contributed by atoms with van der Waals surface area (Å²) in [6.07, 6.45) is -1.55. The van der Waals surface area contributed by atoms with Crippen LogP contribution in [-0.2, 0) is 17.8 Å². The molecule has 0 aromatic carbocycles. The Kier molecular flexibility index (Phi) is 3.87. The Balaban J connectivity index is 1.53. The number of nitrogens with zero attached hydrogens (tertiary/aromatic N) is 4. The highest BCUT2D eigenvalue weighted by Gasteiger charge is 2.42. The predicted molar refractivity (Wildman–Crippen MR) is 84.7 cm³/mol. The van der Waals surface area contributed by atoms with Gasteiger partial charge in [0.25, 0.3) is 0 Å². The zero-order valence-electron chi connectivity index (χ0n) is 13.5. The minimum atomic E-state index is -4.35. The molecular weight excluding hydrogens is 333 g/mol. The number of amides is 1. The minimum Gasteiger partial charge on any atom is -0.332 e. The summed E-state index contributed by atoms with van der Waals surface area (Å²) in [7, 11) is 0. The number of carbonyl (C=O) groups is 1. The van der Waals surface area contributed by atoms with Crippen molar-refractivity contribution in [2.75, 3.05) is 19.6 Å². The number of carbonyl (C=O) groups excluding carboxylic acids is 1. The predicted octanol–water partition coefficient (Wildman–Crippen LogP) is 2.15. The molecule has 0 N–H and O–H groups in total. The monoisotopic (exact) mass is 350 g/mol. The highest BCUT2D eigenvalue weighted by molar-refractivity contribution is 5.84. The van der Waals surface area contributed by atoms with Crippen LogP contribution < -0.4 is 0 Å². The molecule has 1 unspecified atom stereocenters. The molecule has 2 aromatic rings. The van der Waals surface area contributed by atoms with E-state index in [2.05, 4.69) is 9.97 Å². The zero-order chi connectivity index (χ0) is 17.6. The van der Waals surface area contributed by atoms with Gasteiger partial charge >= 0.3 is 6.18 Å². The second-order valence-corrected chi connectivity index (χ2v) is 6.54. The molecule has 2 aliphatic rings. The highest BCUT2D eigenvalue weighted by atomic mass is 19.4. The van der Waals surface area contributed by atoms with Crippen LogP contribution in [0.5, 0.6) is 0 Å². The fourth-order valence-corrected chi connectivity index (χ4v) is 3.69. The topological polar surface area (TPSA) is 49.3 Å². The lowest BCUT2D eigenvalue weighted by atomic mass is 10.0. The smallest absolute Gasteiger partial charge is 0.332 e. The van der Waals surface area contributed by atoms with Crippen LogP contribution in [0, 0.1) is 0 Å². The molecule has 8 heteroatoms. The molecule has 0 spiro atoms. The Morgan fingerprint density at radius 1 is 1.28 bits per heavy atom. The molecule has 4 rings (SSSR count). The molecule has 1 saturated heterocycles. The van der Waals surface area contributed by atoms with Crippen molar-refractivity contribution < 1.29 is 18.0 Å². The maximum atomic E-state index is 12.6. The van der Waals surface area contributed by atoms with Crippen LogP contribution in [0.4, 0.5) is 13.2 Å². The first kappa shape index (κ1) is 16.3. The SMILES string of the molecule is O=C1C(N2CCc3nc4ncccc4cc3C2)CCN1CC(F)(F)F. The van der Waals surface area contributed by atoms with E-state index in [1.807, 2.05) is 23.1 Å². The number of aromatic nitrogens is 2. The standard InChI is InChI=1S/C17H17F3N4O/c18-17(19,20)10-24-7-4-14(16(24)25)23-6-3-13-12(9-23)8-11-2-1-5-21-15(11)22-13/h1-2,5,8,14H,3-4,6-7,9-10H2. The van der Waals surface area contributed by atoms with Gasteiger partial charge in [0.05, 0.1) is 6.04 Å². The third-order valence-corrected chi connectivity index (χ3v) is 4.85. The van der Waals surface area contributed by atoms with Gasteiger partial charge in [-0.2, -0.15) is 13.2 Å². The third-order valence-electron chi connectivity index (χ3n) is 4.85. The molecular formula is C17H17F3N4O. The van der Waals surface area contributed by atoms with Crippen molar-refractivity contribution in [2.45, 2.75) is 31.6 Å². The average molecular weight is 350 g/mol. The summed E-state index contributed by atoms with van der Waals surface area (Å²) in [5.74, 6) is -0.420. The zero-order valence-corrected chi connectivity index (χ0v) is 13.5. The Bertz CT molecular complexity index is 823. The van der Waals surface area contributed by atoms with Gasteiger partial charge in [-0.3, -0.25) is 9.69 Å². The van der Waals surface area contributed by atoms with Gasteiger partial charge in [0.1, 0.15) is 6.54 Å². The van der Waals surface area contributed by atoms with E-state index in [4.69, 9.17) is 0 Å². The van der Waals surface area contributed by atoms with E-state index in [1.54, 1.807) is 6.20 Å². The average Bonchev–Trinajstić information content (AvgIpc) is 2.91. The molecule has 132 valence electrons. The van der Waals surface area contributed by atoms with Crippen LogP contribution in [0.3, 0.4) is 0 Å². The Morgan fingerprint density at radius 2 is 2.12 bits per heavy atom. The third kappa shape index (κ3) is 3.18. The lowest BCUT2D eigenvalue weighted by molar-refractivity contribution is -0.159. The van der Waals surface area contributed by atoms with Crippen molar-refractivity contribution in [1.29, 1.82) is 0 Å². The quantitative estimate of drug-likeness (QED) is 0.833. The van der Waals surface area contributed by atoms with E-state index < -0.39 is 24.7 Å². The second-order valence-electron chi connectivity index (χ2n) is 6.54. The number of hydrogen-bond donors (Lipinski definition) is 0. The van der Waals surface area contributed by atoms with Crippen molar-refractivity contribution in [3.63, 3.8) is 0 Å². The minimum absolute atomic E-state index is 0.159.